The van der Waals surface area contributed by atoms with Crippen molar-refractivity contribution >= 4 is 21.6 Å². The van der Waals surface area contributed by atoms with Gasteiger partial charge >= 0.3 is 6.03 Å². The Balaban J connectivity index is 1.78. The Morgan fingerprint density at radius 3 is 2.54 bits per heavy atom. The van der Waals surface area contributed by atoms with Crippen LogP contribution in [0.4, 0.5) is 10.5 Å². The van der Waals surface area contributed by atoms with E-state index in [0.29, 0.717) is 6.42 Å². The Morgan fingerprint density at radius 2 is 1.79 bits per heavy atom. The van der Waals surface area contributed by atoms with Gasteiger partial charge in [-0.05, 0) is 23.3 Å². The van der Waals surface area contributed by atoms with E-state index < -0.39 is 28.0 Å². The summed E-state index contributed by atoms with van der Waals surface area (Å²) in [4.78, 5) is 12.3. The maximum absolute atomic E-state index is 12.3. The Bertz CT molecular complexity index is 880. The summed E-state index contributed by atoms with van der Waals surface area (Å²) in [5.41, 5.74) is 2.07. The summed E-state index contributed by atoms with van der Waals surface area (Å²) in [7, 11) is -3.46. The van der Waals surface area contributed by atoms with Gasteiger partial charge in [0.15, 0.2) is 9.84 Å². The standard InChI is InChI=1S/C17H18N2O4S/c1-24(22,23)15-9-5-4-8-13(15)18-17(21)19-16-12-7-3-2-6-11(12)10-14(16)20/h2-9,14,16,20H,10H2,1H3,(H2,18,19,21)/t14-,16+/m1/s1. The summed E-state index contributed by atoms with van der Waals surface area (Å²) in [6.45, 7) is 0. The summed E-state index contributed by atoms with van der Waals surface area (Å²) in [6, 6.07) is 12.6. The third-order valence-corrected chi connectivity index (χ3v) is 5.18. The zero-order chi connectivity index (χ0) is 17.3. The van der Waals surface area contributed by atoms with Crippen LogP contribution in [0.3, 0.4) is 0 Å². The van der Waals surface area contributed by atoms with Crippen molar-refractivity contribution in [2.24, 2.45) is 0 Å². The third kappa shape index (κ3) is 3.27. The summed E-state index contributed by atoms with van der Waals surface area (Å²) >= 11 is 0. The fraction of sp³-hybridized carbons (Fsp3) is 0.235. The number of anilines is 1. The molecule has 0 unspecified atom stereocenters. The lowest BCUT2D eigenvalue weighted by Gasteiger charge is -2.19. The monoisotopic (exact) mass is 346 g/mol. The fourth-order valence-corrected chi connectivity index (χ4v) is 3.79. The van der Waals surface area contributed by atoms with Crippen LogP contribution in [0.25, 0.3) is 0 Å². The molecule has 0 aromatic heterocycles. The number of para-hydroxylation sites is 1. The van der Waals surface area contributed by atoms with Gasteiger partial charge in [0, 0.05) is 12.7 Å². The molecular weight excluding hydrogens is 328 g/mol. The number of hydrogen-bond acceptors (Lipinski definition) is 4. The smallest absolute Gasteiger partial charge is 0.319 e. The number of carbonyl (C=O) groups excluding carboxylic acids is 1. The van der Waals surface area contributed by atoms with Gasteiger partial charge in [-0.15, -0.1) is 0 Å². The topological polar surface area (TPSA) is 95.5 Å². The molecule has 0 bridgehead atoms. The van der Waals surface area contributed by atoms with Crippen LogP contribution in [0.15, 0.2) is 53.4 Å². The molecule has 0 saturated carbocycles. The minimum Gasteiger partial charge on any atom is -0.390 e. The van der Waals surface area contributed by atoms with Crippen molar-refractivity contribution < 1.29 is 18.3 Å². The number of aliphatic hydroxyl groups excluding tert-OH is 1. The Kier molecular flexibility index (Phi) is 4.29. The molecule has 7 heteroatoms. The summed E-state index contributed by atoms with van der Waals surface area (Å²) in [6.07, 6.45) is 0.849. The van der Waals surface area contributed by atoms with E-state index in [1.54, 1.807) is 12.1 Å². The van der Waals surface area contributed by atoms with Gasteiger partial charge in [-0.3, -0.25) is 0 Å². The summed E-state index contributed by atoms with van der Waals surface area (Å²) in [5, 5.41) is 15.4. The molecular formula is C17H18N2O4S. The number of urea groups is 1. The lowest BCUT2D eigenvalue weighted by molar-refractivity contribution is 0.144. The molecule has 126 valence electrons. The van der Waals surface area contributed by atoms with Crippen LogP contribution in [0, 0.1) is 0 Å². The molecule has 2 atom stereocenters. The zero-order valence-electron chi connectivity index (χ0n) is 13.1. The second kappa shape index (κ2) is 6.26. The van der Waals surface area contributed by atoms with Crippen LogP contribution in [-0.4, -0.2) is 31.9 Å². The average molecular weight is 346 g/mol. The fourth-order valence-electron chi connectivity index (χ4n) is 2.94. The van der Waals surface area contributed by atoms with E-state index in [-0.39, 0.29) is 10.6 Å². The van der Waals surface area contributed by atoms with Gasteiger partial charge in [0.25, 0.3) is 0 Å². The Hall–Kier alpha value is -2.38. The normalized spacial score (nSPS) is 19.6. The van der Waals surface area contributed by atoms with Crippen molar-refractivity contribution in [2.45, 2.75) is 23.5 Å². The van der Waals surface area contributed by atoms with Crippen molar-refractivity contribution in [1.29, 1.82) is 0 Å². The summed E-state index contributed by atoms with van der Waals surface area (Å²) in [5.74, 6) is 0. The predicted octanol–water partition coefficient (Wildman–Crippen LogP) is 1.87. The summed E-state index contributed by atoms with van der Waals surface area (Å²) < 4.78 is 23.6. The quantitative estimate of drug-likeness (QED) is 0.790. The predicted molar refractivity (Wildman–Crippen MR) is 90.6 cm³/mol. The number of carbonyl (C=O) groups is 1. The molecule has 3 N–H and O–H groups in total. The number of nitrogens with one attached hydrogen (secondary N) is 2. The number of rotatable bonds is 3. The van der Waals surface area contributed by atoms with E-state index in [1.165, 1.54) is 12.1 Å². The highest BCUT2D eigenvalue weighted by Crippen LogP contribution is 2.31. The molecule has 0 heterocycles. The van der Waals surface area contributed by atoms with Crippen molar-refractivity contribution in [3.63, 3.8) is 0 Å². The van der Waals surface area contributed by atoms with Crippen molar-refractivity contribution in [1.82, 2.24) is 5.32 Å². The highest BCUT2D eigenvalue weighted by atomic mass is 32.2. The molecule has 3 rings (SSSR count). The Morgan fingerprint density at radius 1 is 1.12 bits per heavy atom. The van der Waals surface area contributed by atoms with Gasteiger partial charge in [0.2, 0.25) is 0 Å². The minimum atomic E-state index is -3.46. The number of aliphatic hydroxyl groups is 1. The maximum Gasteiger partial charge on any atom is 0.319 e. The lowest BCUT2D eigenvalue weighted by atomic mass is 10.1. The van der Waals surface area contributed by atoms with Crippen LogP contribution in [0.1, 0.15) is 17.2 Å². The molecule has 0 fully saturated rings. The molecule has 1 aliphatic carbocycles. The number of amides is 2. The van der Waals surface area contributed by atoms with Gasteiger partial charge in [-0.25, -0.2) is 13.2 Å². The van der Waals surface area contributed by atoms with E-state index in [1.807, 2.05) is 24.3 Å². The van der Waals surface area contributed by atoms with Gasteiger partial charge in [-0.2, -0.15) is 0 Å². The number of sulfone groups is 1. The maximum atomic E-state index is 12.3. The molecule has 6 nitrogen and oxygen atoms in total. The van der Waals surface area contributed by atoms with E-state index >= 15 is 0 Å². The number of benzene rings is 2. The first kappa shape index (κ1) is 16.5. The molecule has 1 aliphatic rings. The van der Waals surface area contributed by atoms with Gasteiger partial charge in [-0.1, -0.05) is 36.4 Å². The van der Waals surface area contributed by atoms with E-state index in [4.69, 9.17) is 0 Å². The SMILES string of the molecule is CS(=O)(=O)c1ccccc1NC(=O)N[C@H]1c2ccccc2C[C@H]1O. The lowest BCUT2D eigenvalue weighted by Crippen LogP contribution is -2.37. The molecule has 2 aromatic rings. The van der Waals surface area contributed by atoms with E-state index in [0.717, 1.165) is 17.4 Å². The van der Waals surface area contributed by atoms with Gasteiger partial charge in [0.1, 0.15) is 0 Å². The van der Waals surface area contributed by atoms with Crippen molar-refractivity contribution in [2.75, 3.05) is 11.6 Å². The molecule has 0 aliphatic heterocycles. The van der Waals surface area contributed by atoms with Crippen molar-refractivity contribution in [3.8, 4) is 0 Å². The highest BCUT2D eigenvalue weighted by Gasteiger charge is 2.32. The van der Waals surface area contributed by atoms with Crippen LogP contribution in [0.5, 0.6) is 0 Å². The Labute approximate surface area is 140 Å². The van der Waals surface area contributed by atoms with Crippen LogP contribution in [-0.2, 0) is 16.3 Å². The molecule has 0 spiro atoms. The molecule has 24 heavy (non-hydrogen) atoms. The second-order valence-corrected chi connectivity index (χ2v) is 7.80. The first-order chi connectivity index (χ1) is 11.4. The average Bonchev–Trinajstić information content (AvgIpc) is 2.83. The van der Waals surface area contributed by atoms with Crippen LogP contribution >= 0.6 is 0 Å². The van der Waals surface area contributed by atoms with Gasteiger partial charge in [0.05, 0.1) is 22.7 Å². The zero-order valence-corrected chi connectivity index (χ0v) is 13.9. The van der Waals surface area contributed by atoms with Crippen LogP contribution in [0.2, 0.25) is 0 Å². The first-order valence-electron chi connectivity index (χ1n) is 7.49. The largest absolute Gasteiger partial charge is 0.390 e. The van der Waals surface area contributed by atoms with Gasteiger partial charge < -0.3 is 15.7 Å². The molecule has 2 amide bonds. The first-order valence-corrected chi connectivity index (χ1v) is 9.38. The van der Waals surface area contributed by atoms with Crippen LogP contribution < -0.4 is 10.6 Å². The number of hydrogen-bond donors (Lipinski definition) is 3. The molecule has 2 aromatic carbocycles. The highest BCUT2D eigenvalue weighted by molar-refractivity contribution is 7.90. The third-order valence-electron chi connectivity index (χ3n) is 4.03. The van der Waals surface area contributed by atoms with Crippen molar-refractivity contribution in [3.05, 3.63) is 59.7 Å². The second-order valence-electron chi connectivity index (χ2n) is 5.81. The number of fused-ring (bicyclic) bond motifs is 1. The minimum absolute atomic E-state index is 0.0486. The van der Waals surface area contributed by atoms with E-state index in [2.05, 4.69) is 10.6 Å². The van der Waals surface area contributed by atoms with E-state index in [9.17, 15) is 18.3 Å². The molecule has 0 radical (unpaired) electrons. The molecule has 0 saturated heterocycles.